The van der Waals surface area contributed by atoms with Gasteiger partial charge in [-0.25, -0.2) is 9.59 Å². The number of carbonyl (C=O) groups is 4. The van der Waals surface area contributed by atoms with Crippen molar-refractivity contribution in [1.29, 1.82) is 0 Å². The van der Waals surface area contributed by atoms with Gasteiger partial charge in [-0.15, -0.1) is 0 Å². The predicted octanol–water partition coefficient (Wildman–Crippen LogP) is 6.24. The average molecular weight is 748 g/mol. The van der Waals surface area contributed by atoms with Crippen LogP contribution in [-0.2, 0) is 36.9 Å². The fraction of sp³-hybridized carbons (Fsp3) is 0.568. The molecule has 2 heterocycles. The van der Waals surface area contributed by atoms with Crippen LogP contribution in [0.15, 0.2) is 48.5 Å². The molecule has 0 aromatic heterocycles. The molecule has 2 N–H and O–H groups in total. The van der Waals surface area contributed by atoms with Crippen molar-refractivity contribution in [3.8, 4) is 0 Å². The Bertz CT molecular complexity index is 1340. The number of hydrogen-bond donors (Lipinski definition) is 2. The van der Waals surface area contributed by atoms with Gasteiger partial charge < -0.3 is 24.8 Å². The minimum absolute atomic E-state index is 0. The third-order valence-electron chi connectivity index (χ3n) is 8.23. The smallest absolute Gasteiger partial charge is 0.410 e. The molecule has 2 aliphatic heterocycles. The lowest BCUT2D eigenvalue weighted by molar-refractivity contribution is -0.121. The molecule has 4 rings (SSSR count). The first kappa shape index (κ1) is 43.7. The molecule has 0 saturated carbocycles. The van der Waals surface area contributed by atoms with Gasteiger partial charge in [0.25, 0.3) is 0 Å². The maximum atomic E-state index is 13.1. The molecule has 0 radical (unpaired) electrons. The number of nitrogens with zero attached hydrogens (tertiary/aromatic N) is 3. The van der Waals surface area contributed by atoms with E-state index >= 15 is 0 Å². The Morgan fingerprint density at radius 2 is 1.06 bits per heavy atom. The fourth-order valence-electron chi connectivity index (χ4n) is 5.95. The van der Waals surface area contributed by atoms with Gasteiger partial charge in [-0.05, 0) is 103 Å². The summed E-state index contributed by atoms with van der Waals surface area (Å²) in [6.45, 7) is 14.5. The van der Waals surface area contributed by atoms with E-state index in [1.807, 2.05) is 90.1 Å². The van der Waals surface area contributed by atoms with Gasteiger partial charge in [0.15, 0.2) is 0 Å². The standard InChI is InChI=1S/C37H53N5O7.2H2S/c1-36(2,3)48-34(45)41-20-8-10-30(41)32(43)38-28-16-12-26(13-17-28)24-40(22-23-47-7)25-27-14-18-29(19-15-27)39-33(44)31-11-9-21-42(31)35(46)49-37(4,5)6;;/h12-19,30-31H,8-11,20-25H2,1-7H3,(H,38,43)(H,39,44);2*1H2/t30-,31-;;/m0../s1. The molecule has 2 aromatic carbocycles. The second kappa shape index (κ2) is 19.4. The molecule has 0 aliphatic carbocycles. The zero-order chi connectivity index (χ0) is 35.8. The molecule has 2 saturated heterocycles. The van der Waals surface area contributed by atoms with Crippen molar-refractivity contribution in [2.45, 2.75) is 104 Å². The molecule has 2 fully saturated rings. The van der Waals surface area contributed by atoms with E-state index < -0.39 is 35.5 Å². The summed E-state index contributed by atoms with van der Waals surface area (Å²) in [7, 11) is 1.68. The summed E-state index contributed by atoms with van der Waals surface area (Å²) in [5.74, 6) is -0.442. The van der Waals surface area contributed by atoms with E-state index in [1.165, 1.54) is 9.80 Å². The topological polar surface area (TPSA) is 130 Å². The molecular formula is C37H57N5O7S2. The maximum absolute atomic E-state index is 13.1. The Morgan fingerprint density at radius 3 is 1.39 bits per heavy atom. The molecule has 0 unspecified atom stereocenters. The van der Waals surface area contributed by atoms with Crippen molar-refractivity contribution in [3.05, 3.63) is 59.7 Å². The Kier molecular flexibility index (Phi) is 16.6. The minimum atomic E-state index is -0.627. The van der Waals surface area contributed by atoms with E-state index in [0.29, 0.717) is 63.5 Å². The molecule has 2 aromatic rings. The second-order valence-corrected chi connectivity index (χ2v) is 14.7. The highest BCUT2D eigenvalue weighted by molar-refractivity contribution is 7.59. The minimum Gasteiger partial charge on any atom is -0.444 e. The fourth-order valence-corrected chi connectivity index (χ4v) is 5.95. The number of carbonyl (C=O) groups excluding carboxylic acids is 4. The van der Waals surface area contributed by atoms with Crippen molar-refractivity contribution in [2.24, 2.45) is 0 Å². The first-order valence-electron chi connectivity index (χ1n) is 17.1. The van der Waals surface area contributed by atoms with Crippen LogP contribution in [0.3, 0.4) is 0 Å². The third kappa shape index (κ3) is 13.6. The molecule has 0 spiro atoms. The number of nitrogens with one attached hydrogen (secondary N) is 2. The van der Waals surface area contributed by atoms with Crippen LogP contribution in [0.2, 0.25) is 0 Å². The monoisotopic (exact) mass is 747 g/mol. The van der Waals surface area contributed by atoms with Crippen LogP contribution in [-0.4, -0.2) is 95.3 Å². The third-order valence-corrected chi connectivity index (χ3v) is 8.23. The van der Waals surface area contributed by atoms with Crippen molar-refractivity contribution in [3.63, 3.8) is 0 Å². The van der Waals surface area contributed by atoms with Crippen LogP contribution in [0.5, 0.6) is 0 Å². The van der Waals surface area contributed by atoms with Crippen LogP contribution >= 0.6 is 27.0 Å². The van der Waals surface area contributed by atoms with Crippen molar-refractivity contribution in [1.82, 2.24) is 14.7 Å². The number of amides is 4. The summed E-state index contributed by atoms with van der Waals surface area (Å²) in [6, 6.07) is 14.3. The number of anilines is 2. The van der Waals surface area contributed by atoms with E-state index in [-0.39, 0.29) is 38.8 Å². The maximum Gasteiger partial charge on any atom is 0.410 e. The quantitative estimate of drug-likeness (QED) is 0.277. The highest BCUT2D eigenvalue weighted by Crippen LogP contribution is 2.24. The summed E-state index contributed by atoms with van der Waals surface area (Å²) in [6.07, 6.45) is 1.76. The first-order chi connectivity index (χ1) is 23.1. The van der Waals surface area contributed by atoms with Crippen LogP contribution in [0.1, 0.15) is 78.4 Å². The largest absolute Gasteiger partial charge is 0.444 e. The number of rotatable bonds is 11. The van der Waals surface area contributed by atoms with Gasteiger partial charge in [-0.2, -0.15) is 27.0 Å². The number of benzene rings is 2. The van der Waals surface area contributed by atoms with Gasteiger partial charge in [0, 0.05) is 51.2 Å². The summed E-state index contributed by atoms with van der Waals surface area (Å²) < 4.78 is 16.4. The predicted molar refractivity (Wildman–Crippen MR) is 209 cm³/mol. The Balaban J connectivity index is 0.00000451. The van der Waals surface area contributed by atoms with Gasteiger partial charge >= 0.3 is 12.2 Å². The average Bonchev–Trinajstić information content (AvgIpc) is 3.71. The lowest BCUT2D eigenvalue weighted by atomic mass is 10.1. The van der Waals surface area contributed by atoms with E-state index in [4.69, 9.17) is 14.2 Å². The van der Waals surface area contributed by atoms with Gasteiger partial charge in [0.05, 0.1) is 6.61 Å². The highest BCUT2D eigenvalue weighted by atomic mass is 32.1. The molecule has 51 heavy (non-hydrogen) atoms. The molecule has 2 aliphatic rings. The molecule has 284 valence electrons. The van der Waals surface area contributed by atoms with Crippen molar-refractivity contribution >= 4 is 62.4 Å². The summed E-state index contributed by atoms with van der Waals surface area (Å²) >= 11 is 0. The Labute approximate surface area is 316 Å². The number of ether oxygens (including phenoxy) is 3. The first-order valence-corrected chi connectivity index (χ1v) is 17.1. The number of methoxy groups -OCH3 is 1. The van der Waals surface area contributed by atoms with Gasteiger partial charge in [-0.1, -0.05) is 24.3 Å². The summed E-state index contributed by atoms with van der Waals surface area (Å²) in [5, 5.41) is 5.92. The SMILES string of the molecule is COCCN(Cc1ccc(NC(=O)[C@@H]2CCCN2C(=O)OC(C)(C)C)cc1)Cc1ccc(NC(=O)[C@@H]2CCCN2C(=O)OC(C)(C)C)cc1.S.S. The van der Waals surface area contributed by atoms with Crippen molar-refractivity contribution < 1.29 is 33.4 Å². The Hall–Kier alpha value is -3.46. The number of hydrogen-bond acceptors (Lipinski definition) is 8. The van der Waals surface area contributed by atoms with E-state index in [0.717, 1.165) is 24.0 Å². The summed E-state index contributed by atoms with van der Waals surface area (Å²) in [4.78, 5) is 56.7. The molecule has 0 bridgehead atoms. The van der Waals surface area contributed by atoms with Crippen LogP contribution in [0, 0.1) is 0 Å². The molecule has 2 atom stereocenters. The van der Waals surface area contributed by atoms with E-state index in [2.05, 4.69) is 15.5 Å². The molecule has 12 nitrogen and oxygen atoms in total. The Morgan fingerprint density at radius 1 is 0.686 bits per heavy atom. The van der Waals surface area contributed by atoms with Crippen LogP contribution in [0.25, 0.3) is 0 Å². The summed E-state index contributed by atoms with van der Waals surface area (Å²) in [5.41, 5.74) is 2.21. The molecule has 4 amide bonds. The normalized spacial score (nSPS) is 17.3. The van der Waals surface area contributed by atoms with Gasteiger partial charge in [0.2, 0.25) is 11.8 Å². The lowest BCUT2D eigenvalue weighted by Crippen LogP contribution is -2.45. The van der Waals surface area contributed by atoms with Crippen LogP contribution in [0.4, 0.5) is 21.0 Å². The van der Waals surface area contributed by atoms with Crippen molar-refractivity contribution in [2.75, 3.05) is 44.0 Å². The highest BCUT2D eigenvalue weighted by Gasteiger charge is 2.38. The van der Waals surface area contributed by atoms with E-state index in [1.54, 1.807) is 7.11 Å². The molecular weight excluding hydrogens is 691 g/mol. The van der Waals surface area contributed by atoms with Crippen LogP contribution < -0.4 is 10.6 Å². The number of likely N-dealkylation sites (tertiary alicyclic amines) is 2. The molecule has 14 heteroatoms. The zero-order valence-corrected chi connectivity index (χ0v) is 33.0. The van der Waals surface area contributed by atoms with E-state index in [9.17, 15) is 19.2 Å². The zero-order valence-electron chi connectivity index (χ0n) is 31.0. The van der Waals surface area contributed by atoms with Gasteiger partial charge in [-0.3, -0.25) is 24.3 Å². The lowest BCUT2D eigenvalue weighted by Gasteiger charge is -2.28. The second-order valence-electron chi connectivity index (χ2n) is 14.7. The van der Waals surface area contributed by atoms with Gasteiger partial charge in [0.1, 0.15) is 23.3 Å².